The number of ether oxygens (including phenoxy) is 2. The van der Waals surface area contributed by atoms with Gasteiger partial charge < -0.3 is 25.4 Å². The van der Waals surface area contributed by atoms with Gasteiger partial charge in [-0.2, -0.15) is 0 Å². The Labute approximate surface area is 203 Å². The van der Waals surface area contributed by atoms with Crippen LogP contribution in [0.5, 0.6) is 5.75 Å². The van der Waals surface area contributed by atoms with Gasteiger partial charge >= 0.3 is 0 Å². The number of anilines is 1. The molecule has 0 heterocycles. The van der Waals surface area contributed by atoms with Gasteiger partial charge in [-0.3, -0.25) is 14.4 Å². The lowest BCUT2D eigenvalue weighted by atomic mass is 9.44. The number of nitrogens with one attached hydrogen (secondary N) is 3. The number of amides is 3. The highest BCUT2D eigenvalue weighted by Crippen LogP contribution is 2.60. The van der Waals surface area contributed by atoms with Crippen molar-refractivity contribution in [1.29, 1.82) is 0 Å². The van der Waals surface area contributed by atoms with Crippen LogP contribution < -0.4 is 20.7 Å². The van der Waals surface area contributed by atoms with E-state index in [1.54, 1.807) is 0 Å². The van der Waals surface area contributed by atoms with Crippen LogP contribution in [0, 0.1) is 17.5 Å². The molecule has 12 heteroatoms. The first-order valence-corrected chi connectivity index (χ1v) is 10.9. The summed E-state index contributed by atoms with van der Waals surface area (Å²) in [5, 5.41) is 7.90. The van der Waals surface area contributed by atoms with E-state index in [4.69, 9.17) is 21.1 Å². The van der Waals surface area contributed by atoms with Crippen molar-refractivity contribution in [2.24, 2.45) is 0 Å². The molecule has 3 N–H and O–H groups in total. The van der Waals surface area contributed by atoms with Gasteiger partial charge in [0.1, 0.15) is 18.2 Å². The second-order valence-electron chi connectivity index (χ2n) is 8.75. The summed E-state index contributed by atoms with van der Waals surface area (Å²) in [6, 6.07) is 5.28. The molecule has 3 fully saturated rings. The summed E-state index contributed by atoms with van der Waals surface area (Å²) in [6.45, 7) is -0.662. The van der Waals surface area contributed by atoms with Crippen LogP contribution in [0.1, 0.15) is 29.6 Å². The highest BCUT2D eigenvalue weighted by atomic mass is 35.5. The van der Waals surface area contributed by atoms with E-state index in [1.165, 1.54) is 19.2 Å². The highest BCUT2D eigenvalue weighted by Gasteiger charge is 2.69. The second kappa shape index (κ2) is 9.38. The lowest BCUT2D eigenvalue weighted by molar-refractivity contribution is -0.141. The third-order valence-electron chi connectivity index (χ3n) is 5.93. The second-order valence-corrected chi connectivity index (χ2v) is 9.16. The molecule has 0 aromatic heterocycles. The number of carbonyl (C=O) groups excluding carboxylic acids is 3. The maximum absolute atomic E-state index is 13.8. The normalized spacial score (nSPS) is 21.9. The monoisotopic (exact) mass is 511 g/mol. The van der Waals surface area contributed by atoms with E-state index in [-0.39, 0.29) is 35.2 Å². The molecule has 0 unspecified atom stereocenters. The lowest BCUT2D eigenvalue weighted by Gasteiger charge is -2.70. The van der Waals surface area contributed by atoms with E-state index < -0.39 is 46.3 Å². The van der Waals surface area contributed by atoms with Crippen LogP contribution in [-0.4, -0.2) is 49.1 Å². The van der Waals surface area contributed by atoms with E-state index >= 15 is 0 Å². The Morgan fingerprint density at radius 2 is 1.57 bits per heavy atom. The fourth-order valence-electron chi connectivity index (χ4n) is 4.56. The van der Waals surface area contributed by atoms with Crippen LogP contribution in [0.3, 0.4) is 0 Å². The van der Waals surface area contributed by atoms with Crippen molar-refractivity contribution in [3.05, 3.63) is 58.4 Å². The maximum atomic E-state index is 13.8. The molecule has 3 aliphatic carbocycles. The fraction of sp³-hybridized carbons (Fsp3) is 0.348. The molecule has 35 heavy (non-hydrogen) atoms. The van der Waals surface area contributed by atoms with Crippen LogP contribution in [0.4, 0.5) is 18.9 Å². The van der Waals surface area contributed by atoms with Crippen molar-refractivity contribution in [1.82, 2.24) is 10.6 Å². The van der Waals surface area contributed by atoms with E-state index in [9.17, 15) is 27.6 Å². The zero-order valence-corrected chi connectivity index (χ0v) is 19.2. The number of rotatable bonds is 9. The van der Waals surface area contributed by atoms with Gasteiger partial charge in [0.2, 0.25) is 5.91 Å². The third-order valence-corrected chi connectivity index (χ3v) is 6.24. The first kappa shape index (κ1) is 24.8. The number of carbonyl (C=O) groups is 3. The Morgan fingerprint density at radius 3 is 2.23 bits per heavy atom. The quantitative estimate of drug-likeness (QED) is 0.480. The molecular weight excluding hydrogens is 491 g/mol. The molecule has 8 nitrogen and oxygen atoms in total. The molecule has 0 spiro atoms. The fourth-order valence-corrected chi connectivity index (χ4v) is 4.68. The predicted molar refractivity (Wildman–Crippen MR) is 119 cm³/mol. The molecule has 5 rings (SSSR count). The molecule has 3 saturated carbocycles. The van der Waals surface area contributed by atoms with Crippen LogP contribution in [-0.2, 0) is 14.3 Å². The Hall–Kier alpha value is -3.31. The van der Waals surface area contributed by atoms with Gasteiger partial charge in [-0.05, 0) is 37.5 Å². The summed E-state index contributed by atoms with van der Waals surface area (Å²) in [5.41, 5.74) is -1.54. The predicted octanol–water partition coefficient (Wildman–Crippen LogP) is 2.94. The van der Waals surface area contributed by atoms with E-state index in [2.05, 4.69) is 16.0 Å². The van der Waals surface area contributed by atoms with Gasteiger partial charge in [0.05, 0.1) is 16.3 Å². The minimum atomic E-state index is -1.23. The molecule has 0 aliphatic heterocycles. The minimum Gasteiger partial charge on any atom is -0.484 e. The average Bonchev–Trinajstić information content (AvgIpc) is 2.74. The number of hydrogen-bond acceptors (Lipinski definition) is 5. The van der Waals surface area contributed by atoms with Gasteiger partial charge in [0, 0.05) is 30.3 Å². The van der Waals surface area contributed by atoms with Crippen LogP contribution >= 0.6 is 11.6 Å². The number of halogens is 4. The standard InChI is InChI=1S/C23H21ClF3N3O5/c1-34-7-19(31)28-18-6-17(27)16(26)5-13(18)21(33)30-23-9-22(10-23,11-23)29-20(32)8-35-12-2-3-14(24)15(25)4-12/h2-6H,7-11H2,1H3,(H,28,31)(H,29,32)(H,30,33). The summed E-state index contributed by atoms with van der Waals surface area (Å²) in [7, 11) is 1.29. The average molecular weight is 512 g/mol. The molecule has 0 radical (unpaired) electrons. The van der Waals surface area contributed by atoms with Gasteiger partial charge in [0.25, 0.3) is 11.8 Å². The highest BCUT2D eigenvalue weighted by molar-refractivity contribution is 6.30. The van der Waals surface area contributed by atoms with E-state index in [0.717, 1.165) is 12.1 Å². The molecule has 3 amide bonds. The summed E-state index contributed by atoms with van der Waals surface area (Å²) in [5.74, 6) is -4.70. The van der Waals surface area contributed by atoms with Crippen molar-refractivity contribution in [3.8, 4) is 5.75 Å². The van der Waals surface area contributed by atoms with Gasteiger partial charge in [-0.25, -0.2) is 13.2 Å². The summed E-state index contributed by atoms with van der Waals surface area (Å²) in [6.07, 6.45) is 1.30. The van der Waals surface area contributed by atoms with Crippen LogP contribution in [0.2, 0.25) is 5.02 Å². The van der Waals surface area contributed by atoms with Gasteiger partial charge in [-0.15, -0.1) is 0 Å². The summed E-state index contributed by atoms with van der Waals surface area (Å²) < 4.78 is 50.9. The van der Waals surface area contributed by atoms with E-state index in [1.807, 2.05) is 0 Å². The zero-order chi connectivity index (χ0) is 25.4. The molecule has 2 aromatic carbocycles. The molecule has 3 aliphatic rings. The minimum absolute atomic E-state index is 0.0594. The van der Waals surface area contributed by atoms with Crippen molar-refractivity contribution in [2.75, 3.05) is 25.6 Å². The van der Waals surface area contributed by atoms with Crippen molar-refractivity contribution >= 4 is 35.0 Å². The smallest absolute Gasteiger partial charge is 0.258 e. The molecule has 0 saturated heterocycles. The number of methoxy groups -OCH3 is 1. The van der Waals surface area contributed by atoms with Crippen molar-refractivity contribution < 1.29 is 37.0 Å². The Morgan fingerprint density at radius 1 is 0.914 bits per heavy atom. The number of hydrogen-bond donors (Lipinski definition) is 3. The third kappa shape index (κ3) is 5.20. The SMILES string of the molecule is COCC(=O)Nc1cc(F)c(F)cc1C(=O)NC12CC(NC(=O)COc3ccc(Cl)c(F)c3)(C1)C2. The topological polar surface area (TPSA) is 106 Å². The molecular formula is C23H21ClF3N3O5. The molecule has 2 bridgehead atoms. The molecule has 2 aromatic rings. The Balaban J connectivity index is 1.31. The van der Waals surface area contributed by atoms with E-state index in [0.29, 0.717) is 25.3 Å². The number of benzene rings is 2. The zero-order valence-electron chi connectivity index (χ0n) is 18.5. The van der Waals surface area contributed by atoms with Crippen LogP contribution in [0.25, 0.3) is 0 Å². The Bertz CT molecular complexity index is 1190. The first-order valence-electron chi connectivity index (χ1n) is 10.5. The Kier molecular flexibility index (Phi) is 6.65. The largest absolute Gasteiger partial charge is 0.484 e. The van der Waals surface area contributed by atoms with Crippen molar-refractivity contribution in [2.45, 2.75) is 30.3 Å². The van der Waals surface area contributed by atoms with Gasteiger partial charge in [-0.1, -0.05) is 11.6 Å². The first-order chi connectivity index (χ1) is 16.5. The molecule has 186 valence electrons. The van der Waals surface area contributed by atoms with Crippen molar-refractivity contribution in [3.63, 3.8) is 0 Å². The van der Waals surface area contributed by atoms with Gasteiger partial charge in [0.15, 0.2) is 18.2 Å². The molecule has 0 atom stereocenters. The summed E-state index contributed by atoms with van der Waals surface area (Å²) in [4.78, 5) is 36.9. The summed E-state index contributed by atoms with van der Waals surface area (Å²) >= 11 is 5.61. The lowest BCUT2D eigenvalue weighted by Crippen LogP contribution is -2.84. The van der Waals surface area contributed by atoms with Crippen LogP contribution in [0.15, 0.2) is 30.3 Å². The maximum Gasteiger partial charge on any atom is 0.258 e.